The summed E-state index contributed by atoms with van der Waals surface area (Å²) in [5.74, 6) is 0. The van der Waals surface area contributed by atoms with Crippen molar-refractivity contribution in [1.82, 2.24) is 0 Å². The molecule has 76 valence electrons. The Kier molecular flexibility index (Phi) is 4.83. The van der Waals surface area contributed by atoms with Gasteiger partial charge in [-0.1, -0.05) is 12.2 Å². The van der Waals surface area contributed by atoms with Crippen LogP contribution in [0.4, 0.5) is 0 Å². The van der Waals surface area contributed by atoms with Crippen LogP contribution in [-0.4, -0.2) is 39.8 Å². The van der Waals surface area contributed by atoms with Crippen LogP contribution >= 0.6 is 19.5 Å². The lowest BCUT2D eigenvalue weighted by Crippen LogP contribution is -2.26. The zero-order valence-corrected chi connectivity index (χ0v) is 9.62. The van der Waals surface area contributed by atoms with Crippen molar-refractivity contribution < 1.29 is 18.6 Å². The predicted octanol–water partition coefficient (Wildman–Crippen LogP) is 0.0856. The van der Waals surface area contributed by atoms with E-state index in [2.05, 4.69) is 12.2 Å². The van der Waals surface area contributed by atoms with Gasteiger partial charge in [-0.2, -0.15) is 0 Å². The second-order valence-corrected chi connectivity index (χ2v) is 4.96. The quantitative estimate of drug-likeness (QED) is 0.417. The van der Waals surface area contributed by atoms with E-state index in [0.29, 0.717) is 6.61 Å². The van der Waals surface area contributed by atoms with Crippen LogP contribution in [-0.2, 0) is 18.6 Å². The number of thiol groups is 1. The second kappa shape index (κ2) is 5.42. The minimum Gasteiger partial charge on any atom is -0.382 e. The summed E-state index contributed by atoms with van der Waals surface area (Å²) in [6.45, 7) is 0.470. The van der Waals surface area contributed by atoms with Gasteiger partial charge in [0, 0.05) is 13.1 Å². The highest BCUT2D eigenvalue weighted by atomic mass is 32.7. The van der Waals surface area contributed by atoms with Crippen LogP contribution in [0.3, 0.4) is 0 Å². The lowest BCUT2D eigenvalue weighted by Gasteiger charge is -2.16. The van der Waals surface area contributed by atoms with Gasteiger partial charge in [-0.3, -0.25) is 4.57 Å². The molecule has 7 heteroatoms. The summed E-state index contributed by atoms with van der Waals surface area (Å²) < 4.78 is 26.4. The minimum atomic E-state index is -2.18. The fraction of sp³-hybridized carbons (Fsp3) is 1.00. The molecule has 0 aromatic carbocycles. The molecule has 1 fully saturated rings. The van der Waals surface area contributed by atoms with Crippen LogP contribution in [0.25, 0.3) is 0 Å². The van der Waals surface area contributed by atoms with Gasteiger partial charge in [0.05, 0.1) is 12.7 Å². The topological polar surface area (TPSA) is 44.8 Å². The van der Waals surface area contributed by atoms with Gasteiger partial charge in [0.15, 0.2) is 0 Å². The molecular weight excluding hydrogens is 210 g/mol. The van der Waals surface area contributed by atoms with Gasteiger partial charge in [-0.15, -0.1) is 0 Å². The van der Waals surface area contributed by atoms with Crippen LogP contribution < -0.4 is 0 Å². The fourth-order valence-electron chi connectivity index (χ4n) is 1.48. The summed E-state index contributed by atoms with van der Waals surface area (Å²) in [6.07, 6.45) is 0.505. The Morgan fingerprint density at radius 1 is 1.77 bits per heavy atom. The number of ether oxygens (including phenoxy) is 2. The molecule has 0 N–H and O–H groups in total. The Labute approximate surface area is 84.7 Å². The Bertz CT molecular complexity index is 193. The zero-order chi connectivity index (χ0) is 9.84. The molecule has 0 amide bonds. The number of hydrogen-bond acceptors (Lipinski definition) is 4. The molecule has 0 radical (unpaired) electrons. The van der Waals surface area contributed by atoms with E-state index in [1.807, 2.05) is 7.85 Å². The summed E-state index contributed by atoms with van der Waals surface area (Å²) in [4.78, 5) is 0. The summed E-state index contributed by atoms with van der Waals surface area (Å²) in [5.41, 5.74) is 0. The van der Waals surface area contributed by atoms with E-state index < -0.39 is 7.23 Å². The van der Waals surface area contributed by atoms with Crippen molar-refractivity contribution in [2.75, 3.05) is 13.7 Å². The van der Waals surface area contributed by atoms with Gasteiger partial charge in [-0.05, 0) is 6.42 Å². The monoisotopic (exact) mass is 224 g/mol. The highest BCUT2D eigenvalue weighted by Gasteiger charge is 2.34. The van der Waals surface area contributed by atoms with E-state index in [4.69, 9.17) is 14.0 Å². The molecule has 2 unspecified atom stereocenters. The van der Waals surface area contributed by atoms with Gasteiger partial charge in [0.1, 0.15) is 14.0 Å². The van der Waals surface area contributed by atoms with Crippen molar-refractivity contribution in [3.05, 3.63) is 0 Å². The molecule has 4 atom stereocenters. The largest absolute Gasteiger partial charge is 0.382 e. The van der Waals surface area contributed by atoms with Gasteiger partial charge in [0.2, 0.25) is 7.23 Å². The van der Waals surface area contributed by atoms with Gasteiger partial charge >= 0.3 is 0 Å². The number of methoxy groups -OCH3 is 1. The molecule has 0 saturated carbocycles. The molecule has 1 heterocycles. The molecule has 0 bridgehead atoms. The molecule has 1 saturated heterocycles. The standard InChI is InChI=1S/C6H14BO4PS/c1-9-3-5-4(11-12(8)13)2-6(7)10-5/h4-6,12H,2-3,7H2,1H3,(H,8,13)/t4?,5-,6-/m1/s1. The first-order chi connectivity index (χ1) is 6.13. The Morgan fingerprint density at radius 3 is 3.00 bits per heavy atom. The van der Waals surface area contributed by atoms with E-state index in [9.17, 15) is 4.57 Å². The van der Waals surface area contributed by atoms with Crippen molar-refractivity contribution >= 4 is 27.3 Å². The first-order valence-corrected chi connectivity index (χ1v) is 6.78. The van der Waals surface area contributed by atoms with E-state index in [0.717, 1.165) is 6.42 Å². The normalized spacial score (nSPS) is 36.3. The molecule has 0 aromatic heterocycles. The van der Waals surface area contributed by atoms with Crippen LogP contribution in [0.1, 0.15) is 6.42 Å². The minimum absolute atomic E-state index is 0.110. The maximum Gasteiger partial charge on any atom is 0.243 e. The lowest BCUT2D eigenvalue weighted by atomic mass is 9.96. The average Bonchev–Trinajstić information content (AvgIpc) is 2.31. The fourth-order valence-corrected chi connectivity index (χ4v) is 2.40. The van der Waals surface area contributed by atoms with Crippen molar-refractivity contribution in [2.24, 2.45) is 0 Å². The summed E-state index contributed by atoms with van der Waals surface area (Å²) in [6, 6.07) is 0.139. The number of rotatable bonds is 4. The third-order valence-electron chi connectivity index (χ3n) is 1.97. The molecule has 0 aromatic rings. The molecule has 1 aliphatic rings. The SMILES string of the molecule is B[C@H]1CC(O[PH](=O)S)[C@@H](COC)O1. The maximum absolute atomic E-state index is 10.8. The van der Waals surface area contributed by atoms with Gasteiger partial charge in [0.25, 0.3) is 0 Å². The lowest BCUT2D eigenvalue weighted by molar-refractivity contribution is -0.00801. The maximum atomic E-state index is 10.8. The second-order valence-electron chi connectivity index (χ2n) is 3.10. The molecule has 1 aliphatic heterocycles. The summed E-state index contributed by atoms with van der Waals surface area (Å²) in [5, 5.41) is 0. The molecule has 0 spiro atoms. The molecular formula is C6H14BO4PS. The zero-order valence-electron chi connectivity index (χ0n) is 7.73. The first kappa shape index (κ1) is 11.6. The van der Waals surface area contributed by atoms with E-state index >= 15 is 0 Å². The van der Waals surface area contributed by atoms with E-state index in [-0.39, 0.29) is 18.2 Å². The molecule has 13 heavy (non-hydrogen) atoms. The molecule has 4 nitrogen and oxygen atoms in total. The first-order valence-electron chi connectivity index (χ1n) is 4.17. The molecule has 1 rings (SSSR count). The van der Waals surface area contributed by atoms with Crippen LogP contribution in [0.15, 0.2) is 0 Å². The van der Waals surface area contributed by atoms with Crippen molar-refractivity contribution in [1.29, 1.82) is 0 Å². The Morgan fingerprint density at radius 2 is 2.46 bits per heavy atom. The van der Waals surface area contributed by atoms with Crippen LogP contribution in [0.5, 0.6) is 0 Å². The predicted molar refractivity (Wildman–Crippen MR) is 56.6 cm³/mol. The van der Waals surface area contributed by atoms with Crippen LogP contribution in [0, 0.1) is 0 Å². The average molecular weight is 224 g/mol. The number of hydrogen-bond donors (Lipinski definition) is 1. The van der Waals surface area contributed by atoms with E-state index in [1.165, 1.54) is 0 Å². The van der Waals surface area contributed by atoms with E-state index in [1.54, 1.807) is 7.11 Å². The third-order valence-corrected chi connectivity index (χ3v) is 2.79. The summed E-state index contributed by atoms with van der Waals surface area (Å²) >= 11 is 3.74. The molecule has 0 aliphatic carbocycles. The van der Waals surface area contributed by atoms with Crippen molar-refractivity contribution in [3.63, 3.8) is 0 Å². The van der Waals surface area contributed by atoms with Gasteiger partial charge in [-0.25, -0.2) is 0 Å². The summed E-state index contributed by atoms with van der Waals surface area (Å²) in [7, 11) is 1.38. The van der Waals surface area contributed by atoms with Crippen molar-refractivity contribution in [2.45, 2.75) is 24.6 Å². The third kappa shape index (κ3) is 3.64. The van der Waals surface area contributed by atoms with Gasteiger partial charge < -0.3 is 14.0 Å². The van der Waals surface area contributed by atoms with Crippen molar-refractivity contribution in [3.8, 4) is 0 Å². The Hall–Kier alpha value is 0.525. The highest BCUT2D eigenvalue weighted by Crippen LogP contribution is 2.35. The Balaban J connectivity index is 2.45. The van der Waals surface area contributed by atoms with Crippen LogP contribution in [0.2, 0.25) is 0 Å². The smallest absolute Gasteiger partial charge is 0.243 e. The highest BCUT2D eigenvalue weighted by molar-refractivity contribution is 8.39.